The van der Waals surface area contributed by atoms with E-state index in [9.17, 15) is 4.39 Å². The van der Waals surface area contributed by atoms with Crippen molar-refractivity contribution in [3.63, 3.8) is 0 Å². The zero-order chi connectivity index (χ0) is 8.59. The molecule has 2 atom stereocenters. The molecule has 1 aliphatic carbocycles. The molecule has 0 bridgehead atoms. The van der Waals surface area contributed by atoms with Crippen molar-refractivity contribution in [3.8, 4) is 0 Å². The number of halogens is 3. The molecule has 2 N–H and O–H groups in total. The van der Waals surface area contributed by atoms with Gasteiger partial charge in [0.1, 0.15) is 5.83 Å². The molecule has 0 aromatic carbocycles. The number of allylic oxidation sites excluding steroid dienone is 4. The van der Waals surface area contributed by atoms with Crippen LogP contribution in [0.1, 0.15) is 6.92 Å². The highest BCUT2D eigenvalue weighted by atomic mass is 79.9. The van der Waals surface area contributed by atoms with Gasteiger partial charge in [0, 0.05) is 11.6 Å². The third-order valence-corrected chi connectivity index (χ3v) is 3.66. The van der Waals surface area contributed by atoms with Crippen LogP contribution in [-0.4, -0.2) is 4.83 Å². The minimum atomic E-state index is -0.441. The van der Waals surface area contributed by atoms with E-state index in [1.807, 2.05) is 6.92 Å². The van der Waals surface area contributed by atoms with Gasteiger partial charge in [-0.25, -0.2) is 4.39 Å². The Morgan fingerprint density at radius 1 is 1.73 bits per heavy atom. The van der Waals surface area contributed by atoms with Crippen LogP contribution in [0.15, 0.2) is 22.6 Å². The van der Waals surface area contributed by atoms with Gasteiger partial charge in [-0.15, -0.1) is 0 Å². The van der Waals surface area contributed by atoms with Crippen LogP contribution in [0, 0.1) is 5.92 Å². The summed E-state index contributed by atoms with van der Waals surface area (Å²) in [6.45, 7) is 1.89. The monoisotopic (exact) mass is 239 g/mol. The molecule has 11 heavy (non-hydrogen) atoms. The summed E-state index contributed by atoms with van der Waals surface area (Å²) >= 11 is 8.88. The zero-order valence-corrected chi connectivity index (χ0v) is 8.29. The Balaban J connectivity index is 3.01. The predicted octanol–water partition coefficient (Wildman–Crippen LogP) is 2.66. The lowest BCUT2D eigenvalue weighted by Gasteiger charge is -2.22. The molecular formula is C7H8BrClFN. The molecule has 0 spiro atoms. The van der Waals surface area contributed by atoms with E-state index in [-0.39, 0.29) is 15.8 Å². The van der Waals surface area contributed by atoms with E-state index >= 15 is 0 Å². The summed E-state index contributed by atoms with van der Waals surface area (Å²) in [5, 5.41) is 0.201. The fraction of sp³-hybridized carbons (Fsp3) is 0.429. The van der Waals surface area contributed by atoms with Crippen molar-refractivity contribution < 1.29 is 4.39 Å². The smallest absolute Gasteiger partial charge is 0.140 e. The summed E-state index contributed by atoms with van der Waals surface area (Å²) in [6.07, 6.45) is 1.27. The first-order valence-electron chi connectivity index (χ1n) is 3.20. The van der Waals surface area contributed by atoms with Gasteiger partial charge in [0.15, 0.2) is 0 Å². The molecule has 0 aromatic heterocycles. The summed E-state index contributed by atoms with van der Waals surface area (Å²) in [5.41, 5.74) is 6.04. The third-order valence-electron chi connectivity index (χ3n) is 1.73. The molecule has 0 aromatic rings. The van der Waals surface area contributed by atoms with Crippen molar-refractivity contribution >= 4 is 27.5 Å². The van der Waals surface area contributed by atoms with Crippen molar-refractivity contribution in [3.05, 3.63) is 22.6 Å². The average Bonchev–Trinajstić information content (AvgIpc) is 1.97. The van der Waals surface area contributed by atoms with Gasteiger partial charge in [0.2, 0.25) is 0 Å². The van der Waals surface area contributed by atoms with E-state index < -0.39 is 5.83 Å². The number of nitrogens with two attached hydrogens (primary N) is 1. The van der Waals surface area contributed by atoms with Crippen molar-refractivity contribution in [1.82, 2.24) is 0 Å². The van der Waals surface area contributed by atoms with Crippen LogP contribution >= 0.6 is 27.5 Å². The second-order valence-electron chi connectivity index (χ2n) is 2.53. The predicted molar refractivity (Wildman–Crippen MR) is 48.1 cm³/mol. The Hall–Kier alpha value is -0.0200. The fourth-order valence-electron chi connectivity index (χ4n) is 0.867. The van der Waals surface area contributed by atoms with Crippen LogP contribution in [-0.2, 0) is 0 Å². The molecule has 2 unspecified atom stereocenters. The van der Waals surface area contributed by atoms with Crippen LogP contribution in [0.5, 0.6) is 0 Å². The molecular weight excluding hydrogens is 232 g/mol. The van der Waals surface area contributed by atoms with E-state index in [1.165, 1.54) is 6.08 Å². The maximum atomic E-state index is 12.8. The molecule has 0 radical (unpaired) electrons. The fourth-order valence-corrected chi connectivity index (χ4v) is 1.63. The molecule has 0 saturated heterocycles. The van der Waals surface area contributed by atoms with E-state index in [4.69, 9.17) is 17.3 Å². The van der Waals surface area contributed by atoms with Crippen LogP contribution < -0.4 is 5.73 Å². The number of hydrogen-bond acceptors (Lipinski definition) is 1. The number of rotatable bonds is 0. The summed E-state index contributed by atoms with van der Waals surface area (Å²) in [6, 6.07) is 0. The Morgan fingerprint density at radius 2 is 2.27 bits per heavy atom. The highest BCUT2D eigenvalue weighted by Gasteiger charge is 2.26. The first-order valence-corrected chi connectivity index (χ1v) is 4.49. The standard InChI is InChI=1S/C7H8BrClFN/c1-3-5(11)2-4(10)7(9)6(3)8/h2-3,6H,11H2,1H3. The van der Waals surface area contributed by atoms with Gasteiger partial charge < -0.3 is 5.73 Å². The second-order valence-corrected chi connectivity index (χ2v) is 3.92. The van der Waals surface area contributed by atoms with Crippen LogP contribution in [0.3, 0.4) is 0 Å². The molecule has 62 valence electrons. The van der Waals surface area contributed by atoms with Gasteiger partial charge in [0.25, 0.3) is 0 Å². The third kappa shape index (κ3) is 1.59. The van der Waals surface area contributed by atoms with E-state index in [1.54, 1.807) is 0 Å². The lowest BCUT2D eigenvalue weighted by atomic mass is 9.99. The van der Waals surface area contributed by atoms with Crippen LogP contribution in [0.25, 0.3) is 0 Å². The molecule has 1 rings (SSSR count). The summed E-state index contributed by atoms with van der Waals surface area (Å²) in [7, 11) is 0. The first kappa shape index (κ1) is 9.07. The minimum absolute atomic E-state index is 0.0574. The SMILES string of the molecule is CC1C(N)=CC(F)=C(Cl)C1Br. The van der Waals surface area contributed by atoms with Crippen LogP contribution in [0.2, 0.25) is 0 Å². The van der Waals surface area contributed by atoms with Gasteiger partial charge in [-0.1, -0.05) is 34.5 Å². The van der Waals surface area contributed by atoms with Gasteiger partial charge in [-0.05, 0) is 6.08 Å². The lowest BCUT2D eigenvalue weighted by molar-refractivity contribution is 0.604. The quantitative estimate of drug-likeness (QED) is 0.647. The Kier molecular flexibility index (Phi) is 2.60. The summed E-state index contributed by atoms with van der Waals surface area (Å²) < 4.78 is 12.8. The van der Waals surface area contributed by atoms with Gasteiger partial charge >= 0.3 is 0 Å². The van der Waals surface area contributed by atoms with Crippen LogP contribution in [0.4, 0.5) is 4.39 Å². The average molecular weight is 241 g/mol. The van der Waals surface area contributed by atoms with E-state index in [0.717, 1.165) is 0 Å². The highest BCUT2D eigenvalue weighted by molar-refractivity contribution is 9.09. The van der Waals surface area contributed by atoms with Crippen molar-refractivity contribution in [2.75, 3.05) is 0 Å². The molecule has 4 heteroatoms. The Bertz CT molecular complexity index is 237. The molecule has 1 nitrogen and oxygen atoms in total. The normalized spacial score (nSPS) is 32.2. The number of alkyl halides is 1. The molecule has 0 fully saturated rings. The number of hydrogen-bond donors (Lipinski definition) is 1. The molecule has 0 saturated carbocycles. The summed E-state index contributed by atoms with van der Waals surface area (Å²) in [4.78, 5) is -0.186. The Labute approximate surface area is 78.2 Å². The largest absolute Gasteiger partial charge is 0.402 e. The Morgan fingerprint density at radius 3 is 2.82 bits per heavy atom. The molecule has 0 amide bonds. The molecule has 0 heterocycles. The van der Waals surface area contributed by atoms with Gasteiger partial charge in [-0.2, -0.15) is 0 Å². The minimum Gasteiger partial charge on any atom is -0.402 e. The van der Waals surface area contributed by atoms with E-state index in [2.05, 4.69) is 15.9 Å². The maximum absolute atomic E-state index is 12.8. The van der Waals surface area contributed by atoms with Crippen molar-refractivity contribution in [2.45, 2.75) is 11.8 Å². The van der Waals surface area contributed by atoms with Crippen molar-refractivity contribution in [1.29, 1.82) is 0 Å². The zero-order valence-electron chi connectivity index (χ0n) is 5.94. The highest BCUT2D eigenvalue weighted by Crippen LogP contribution is 2.34. The van der Waals surface area contributed by atoms with E-state index in [0.29, 0.717) is 5.70 Å². The first-order chi connectivity index (χ1) is 5.04. The van der Waals surface area contributed by atoms with Gasteiger partial charge in [0.05, 0.1) is 9.86 Å². The molecule has 1 aliphatic rings. The lowest BCUT2D eigenvalue weighted by Crippen LogP contribution is -2.22. The molecule has 0 aliphatic heterocycles. The van der Waals surface area contributed by atoms with Crippen molar-refractivity contribution in [2.24, 2.45) is 11.7 Å². The maximum Gasteiger partial charge on any atom is 0.140 e. The summed E-state index contributed by atoms with van der Waals surface area (Å²) in [5.74, 6) is -0.383. The van der Waals surface area contributed by atoms with Gasteiger partial charge in [-0.3, -0.25) is 0 Å². The topological polar surface area (TPSA) is 26.0 Å². The second kappa shape index (κ2) is 3.15.